The van der Waals surface area contributed by atoms with Crippen molar-refractivity contribution in [3.8, 4) is 6.07 Å². The smallest absolute Gasteiger partial charge is 0.0926 e. The van der Waals surface area contributed by atoms with Gasteiger partial charge in [0.05, 0.1) is 21.5 Å². The Morgan fingerprint density at radius 3 is 2.05 bits per heavy atom. The fraction of sp³-hybridized carbons (Fsp3) is 0.250. The van der Waals surface area contributed by atoms with E-state index in [1.807, 2.05) is 0 Å². The molecule has 0 aliphatic rings. The molecule has 0 atom stereocenters. The Labute approximate surface area is 119 Å². The molecule has 0 unspecified atom stereocenters. The molecule has 0 N–H and O–H groups in total. The zero-order valence-corrected chi connectivity index (χ0v) is 11.0. The highest BCUT2D eigenvalue weighted by atomic mass is 35.5. The average molecular weight is 300 g/mol. The summed E-state index contributed by atoms with van der Waals surface area (Å²) >= 11 is 11.5. The third-order valence-electron chi connectivity index (χ3n) is 2.58. The van der Waals surface area contributed by atoms with Gasteiger partial charge in [-0.15, -0.1) is 0 Å². The highest BCUT2D eigenvalue weighted by molar-refractivity contribution is 6.42. The van der Waals surface area contributed by atoms with Crippen LogP contribution in [0.4, 0.5) is 0 Å². The number of rotatable bonds is 5. The van der Waals surface area contributed by atoms with Crippen molar-refractivity contribution in [2.75, 3.05) is 0 Å². The molecule has 1 aromatic carbocycles. The van der Waals surface area contributed by atoms with Crippen molar-refractivity contribution in [3.05, 3.63) is 33.8 Å². The Morgan fingerprint density at radius 1 is 1.16 bits per heavy atom. The molecule has 7 heteroatoms. The molecular formula is C12H7Cl2NO4-2. The fourth-order valence-corrected chi connectivity index (χ4v) is 1.99. The molecule has 1 aromatic rings. The SMILES string of the molecule is N#CC(CC(=O)[O-])(CC(=O)[O-])c1ccc(Cl)c(Cl)c1. The first-order chi connectivity index (χ1) is 8.80. The van der Waals surface area contributed by atoms with Crippen LogP contribution in [-0.4, -0.2) is 11.9 Å². The van der Waals surface area contributed by atoms with Gasteiger partial charge in [0, 0.05) is 24.8 Å². The van der Waals surface area contributed by atoms with E-state index in [4.69, 9.17) is 23.2 Å². The molecule has 100 valence electrons. The molecule has 0 spiro atoms. The lowest BCUT2D eigenvalue weighted by atomic mass is 9.76. The Bertz CT molecular complexity index is 549. The number of halogens is 2. The average Bonchev–Trinajstić information content (AvgIpc) is 2.30. The molecular weight excluding hydrogens is 293 g/mol. The number of hydrogen-bond acceptors (Lipinski definition) is 5. The van der Waals surface area contributed by atoms with Gasteiger partial charge in [0.25, 0.3) is 0 Å². The van der Waals surface area contributed by atoms with Gasteiger partial charge in [0.1, 0.15) is 0 Å². The van der Waals surface area contributed by atoms with Gasteiger partial charge in [-0.05, 0) is 17.7 Å². The zero-order chi connectivity index (χ0) is 14.6. The van der Waals surface area contributed by atoms with Crippen molar-refractivity contribution in [2.45, 2.75) is 18.3 Å². The van der Waals surface area contributed by atoms with Crippen molar-refractivity contribution in [3.63, 3.8) is 0 Å². The molecule has 0 saturated heterocycles. The lowest BCUT2D eigenvalue weighted by Crippen LogP contribution is -2.39. The van der Waals surface area contributed by atoms with Crippen LogP contribution in [0, 0.1) is 11.3 Å². The number of carboxylic acids is 2. The van der Waals surface area contributed by atoms with Gasteiger partial charge < -0.3 is 19.8 Å². The summed E-state index contributed by atoms with van der Waals surface area (Å²) in [4.78, 5) is 21.5. The Hall–Kier alpha value is -1.77. The van der Waals surface area contributed by atoms with E-state index in [9.17, 15) is 25.1 Å². The van der Waals surface area contributed by atoms with Crippen LogP contribution in [0.3, 0.4) is 0 Å². The van der Waals surface area contributed by atoms with Crippen LogP contribution in [0.15, 0.2) is 18.2 Å². The van der Waals surface area contributed by atoms with Crippen molar-refractivity contribution in [1.82, 2.24) is 0 Å². The van der Waals surface area contributed by atoms with E-state index < -0.39 is 30.2 Å². The molecule has 5 nitrogen and oxygen atoms in total. The Kier molecular flexibility index (Phi) is 4.76. The van der Waals surface area contributed by atoms with Crippen molar-refractivity contribution < 1.29 is 19.8 Å². The number of benzene rings is 1. The van der Waals surface area contributed by atoms with Crippen LogP contribution in [0.25, 0.3) is 0 Å². The second kappa shape index (κ2) is 5.91. The van der Waals surface area contributed by atoms with Gasteiger partial charge in [-0.25, -0.2) is 0 Å². The highest BCUT2D eigenvalue weighted by Crippen LogP contribution is 2.34. The maximum atomic E-state index is 10.7. The van der Waals surface area contributed by atoms with Gasteiger partial charge in [0.15, 0.2) is 0 Å². The van der Waals surface area contributed by atoms with Crippen LogP contribution >= 0.6 is 23.2 Å². The van der Waals surface area contributed by atoms with E-state index in [0.717, 1.165) is 0 Å². The number of carbonyl (C=O) groups excluding carboxylic acids is 2. The first-order valence-corrected chi connectivity index (χ1v) is 5.83. The summed E-state index contributed by atoms with van der Waals surface area (Å²) in [5.41, 5.74) is -1.66. The number of aliphatic carboxylic acids is 2. The summed E-state index contributed by atoms with van der Waals surface area (Å²) in [5, 5.41) is 31.0. The molecule has 0 heterocycles. The summed E-state index contributed by atoms with van der Waals surface area (Å²) in [5.74, 6) is -3.09. The molecule has 0 radical (unpaired) electrons. The minimum atomic E-state index is -1.80. The largest absolute Gasteiger partial charge is 0.550 e. The second-order valence-corrected chi connectivity index (χ2v) is 4.73. The number of nitriles is 1. The first-order valence-electron chi connectivity index (χ1n) is 5.07. The summed E-state index contributed by atoms with van der Waals surface area (Å²) in [6, 6.07) is 5.67. The number of hydrogen-bond donors (Lipinski definition) is 0. The zero-order valence-electron chi connectivity index (χ0n) is 9.48. The third-order valence-corrected chi connectivity index (χ3v) is 3.32. The predicted molar refractivity (Wildman–Crippen MR) is 63.0 cm³/mol. The third kappa shape index (κ3) is 3.60. The van der Waals surface area contributed by atoms with E-state index >= 15 is 0 Å². The molecule has 0 aromatic heterocycles. The molecule has 0 aliphatic heterocycles. The molecule has 0 aliphatic carbocycles. The van der Waals surface area contributed by atoms with Gasteiger partial charge >= 0.3 is 0 Å². The molecule has 0 bridgehead atoms. The summed E-state index contributed by atoms with van der Waals surface area (Å²) in [6.07, 6.45) is -1.56. The summed E-state index contributed by atoms with van der Waals surface area (Å²) < 4.78 is 0. The Morgan fingerprint density at radius 2 is 1.68 bits per heavy atom. The maximum Gasteiger partial charge on any atom is 0.0926 e. The standard InChI is InChI=1S/C12H9Cl2NO4/c13-8-2-1-7(3-9(8)14)12(6-15,4-10(16)17)5-11(18)19/h1-3H,4-5H2,(H,16,17)(H,18,19)/p-2. The topological polar surface area (TPSA) is 104 Å². The fourth-order valence-electron chi connectivity index (χ4n) is 1.70. The van der Waals surface area contributed by atoms with Gasteiger partial charge in [-0.3, -0.25) is 0 Å². The van der Waals surface area contributed by atoms with Crippen LogP contribution in [0.5, 0.6) is 0 Å². The molecule has 1 rings (SSSR count). The Balaban J connectivity index is 3.36. The lowest BCUT2D eigenvalue weighted by Gasteiger charge is -2.28. The monoisotopic (exact) mass is 299 g/mol. The molecule has 0 amide bonds. The molecule has 0 fully saturated rings. The van der Waals surface area contributed by atoms with Crippen molar-refractivity contribution in [2.24, 2.45) is 0 Å². The normalized spacial score (nSPS) is 10.8. The summed E-state index contributed by atoms with van der Waals surface area (Å²) in [6.45, 7) is 0. The highest BCUT2D eigenvalue weighted by Gasteiger charge is 2.33. The number of nitrogens with zero attached hydrogens (tertiary/aromatic N) is 1. The van der Waals surface area contributed by atoms with E-state index in [2.05, 4.69) is 0 Å². The lowest BCUT2D eigenvalue weighted by molar-refractivity contribution is -0.309. The quantitative estimate of drug-likeness (QED) is 0.763. The minimum absolute atomic E-state index is 0.0930. The second-order valence-electron chi connectivity index (χ2n) is 3.92. The van der Waals surface area contributed by atoms with E-state index in [-0.39, 0.29) is 15.6 Å². The predicted octanol–water partition coefficient (Wildman–Crippen LogP) is 0.0348. The van der Waals surface area contributed by atoms with Crippen LogP contribution in [0.1, 0.15) is 18.4 Å². The van der Waals surface area contributed by atoms with Gasteiger partial charge in [0.2, 0.25) is 0 Å². The van der Waals surface area contributed by atoms with Crippen LogP contribution in [0.2, 0.25) is 10.0 Å². The first kappa shape index (κ1) is 15.3. The van der Waals surface area contributed by atoms with E-state index in [1.165, 1.54) is 18.2 Å². The molecule has 0 saturated carbocycles. The van der Waals surface area contributed by atoms with Crippen molar-refractivity contribution in [1.29, 1.82) is 5.26 Å². The van der Waals surface area contributed by atoms with Crippen LogP contribution < -0.4 is 10.2 Å². The van der Waals surface area contributed by atoms with E-state index in [0.29, 0.717) is 0 Å². The van der Waals surface area contributed by atoms with Gasteiger partial charge in [-0.1, -0.05) is 29.3 Å². The van der Waals surface area contributed by atoms with Gasteiger partial charge in [-0.2, -0.15) is 5.26 Å². The van der Waals surface area contributed by atoms with Crippen molar-refractivity contribution >= 4 is 35.1 Å². The molecule has 19 heavy (non-hydrogen) atoms. The summed E-state index contributed by atoms with van der Waals surface area (Å²) in [7, 11) is 0. The number of carboxylic acid groups (broad SMARTS) is 2. The number of carbonyl (C=O) groups is 2. The van der Waals surface area contributed by atoms with E-state index in [1.54, 1.807) is 6.07 Å². The maximum absolute atomic E-state index is 10.7. The van der Waals surface area contributed by atoms with Crippen LogP contribution in [-0.2, 0) is 15.0 Å². The minimum Gasteiger partial charge on any atom is -0.550 e.